The van der Waals surface area contributed by atoms with Gasteiger partial charge in [0.1, 0.15) is 17.3 Å². The van der Waals surface area contributed by atoms with E-state index in [1.807, 2.05) is 56.4 Å². The molecule has 0 bridgehead atoms. The zero-order chi connectivity index (χ0) is 29.3. The molecule has 0 saturated carbocycles. The third-order valence-electron chi connectivity index (χ3n) is 6.79. The summed E-state index contributed by atoms with van der Waals surface area (Å²) in [7, 11) is 3.87. The quantitative estimate of drug-likeness (QED) is 0.353. The van der Waals surface area contributed by atoms with E-state index >= 15 is 0 Å². The lowest BCUT2D eigenvalue weighted by Crippen LogP contribution is -2.32. The van der Waals surface area contributed by atoms with E-state index < -0.39 is 5.60 Å². The first-order chi connectivity index (χ1) is 19.5. The Bertz CT molecular complexity index is 1610. The second-order valence-electron chi connectivity index (χ2n) is 10.7. The van der Waals surface area contributed by atoms with Gasteiger partial charge in [0.15, 0.2) is 0 Å². The van der Waals surface area contributed by atoms with Gasteiger partial charge in [-0.25, -0.2) is 4.98 Å². The molecule has 5 rings (SSSR count). The monoisotopic (exact) mass is 550 g/mol. The van der Waals surface area contributed by atoms with Crippen LogP contribution in [0.5, 0.6) is 0 Å². The number of nitrogens with one attached hydrogen (secondary N) is 2. The molecule has 0 fully saturated rings. The molecule has 0 radical (unpaired) electrons. The first-order valence-corrected chi connectivity index (χ1v) is 13.3. The largest absolute Gasteiger partial charge is 0.386 e. The molecule has 1 aromatic carbocycles. The molecule has 2 aliphatic rings. The molecule has 3 N–H and O–H groups in total. The fourth-order valence-corrected chi connectivity index (χ4v) is 4.73. The molecule has 10 nitrogen and oxygen atoms in total. The molecule has 0 atom stereocenters. The van der Waals surface area contributed by atoms with Gasteiger partial charge in [0, 0.05) is 56.1 Å². The number of fused-ring (bicyclic) bond motifs is 3. The highest BCUT2D eigenvalue weighted by atomic mass is 16.3. The number of allylic oxidation sites excluding steroid dienone is 1. The molecule has 0 unspecified atom stereocenters. The van der Waals surface area contributed by atoms with Gasteiger partial charge in [-0.3, -0.25) is 14.8 Å². The first-order valence-electron chi connectivity index (χ1n) is 13.3. The predicted molar refractivity (Wildman–Crippen MR) is 164 cm³/mol. The van der Waals surface area contributed by atoms with Crippen LogP contribution in [-0.2, 0) is 5.60 Å². The number of nitrogens with zero attached hydrogens (tertiary/aromatic N) is 6. The summed E-state index contributed by atoms with van der Waals surface area (Å²) in [6, 6.07) is 9.08. The second kappa shape index (κ2) is 11.0. The molecule has 4 heterocycles. The number of hydrogen-bond donors (Lipinski definition) is 3. The van der Waals surface area contributed by atoms with Crippen LogP contribution in [0.1, 0.15) is 46.6 Å². The van der Waals surface area contributed by atoms with Crippen LogP contribution in [0.2, 0.25) is 0 Å². The minimum absolute atomic E-state index is 0.227. The molecule has 1 amide bonds. The average molecular weight is 551 g/mol. The summed E-state index contributed by atoms with van der Waals surface area (Å²) < 4.78 is 0. The van der Waals surface area contributed by atoms with E-state index in [4.69, 9.17) is 9.98 Å². The number of hydrogen-bond acceptors (Lipinski definition) is 9. The molecule has 2 aliphatic heterocycles. The molecule has 41 heavy (non-hydrogen) atoms. The van der Waals surface area contributed by atoms with Crippen LogP contribution in [0, 0.1) is 6.92 Å². The Morgan fingerprint density at radius 3 is 2.71 bits per heavy atom. The minimum atomic E-state index is -1.08. The summed E-state index contributed by atoms with van der Waals surface area (Å²) >= 11 is 0. The van der Waals surface area contributed by atoms with Crippen molar-refractivity contribution in [3.63, 3.8) is 0 Å². The van der Waals surface area contributed by atoms with Gasteiger partial charge in [-0.05, 0) is 73.9 Å². The van der Waals surface area contributed by atoms with E-state index in [-0.39, 0.29) is 11.6 Å². The van der Waals surface area contributed by atoms with E-state index in [2.05, 4.69) is 32.1 Å². The number of benzene rings is 1. The maximum absolute atomic E-state index is 13.1. The number of aliphatic imine (C=N–C) groups is 1. The molecular formula is C31H34N8O2. The third kappa shape index (κ3) is 5.87. The Labute approximate surface area is 239 Å². The minimum Gasteiger partial charge on any atom is -0.386 e. The Morgan fingerprint density at radius 2 is 1.98 bits per heavy atom. The number of aliphatic hydroxyl groups is 1. The lowest BCUT2D eigenvalue weighted by Gasteiger charge is -2.28. The lowest BCUT2D eigenvalue weighted by atomic mass is 9.94. The number of anilines is 3. The predicted octanol–water partition coefficient (Wildman–Crippen LogP) is 4.43. The van der Waals surface area contributed by atoms with E-state index in [1.165, 1.54) is 6.20 Å². The highest BCUT2D eigenvalue weighted by Gasteiger charge is 2.31. The number of amides is 1. The number of carbonyl (C=O) groups is 1. The van der Waals surface area contributed by atoms with E-state index in [9.17, 15) is 9.90 Å². The number of rotatable bonds is 8. The summed E-state index contributed by atoms with van der Waals surface area (Å²) in [6.45, 7) is 10.6. The Balaban J connectivity index is 1.46. The van der Waals surface area contributed by atoms with Gasteiger partial charge in [-0.1, -0.05) is 12.6 Å². The molecule has 3 aromatic rings. The first kappa shape index (κ1) is 27.7. The zero-order valence-electron chi connectivity index (χ0n) is 23.9. The van der Waals surface area contributed by atoms with Gasteiger partial charge in [-0.2, -0.15) is 4.98 Å². The van der Waals surface area contributed by atoms with Crippen LogP contribution in [0.25, 0.3) is 11.6 Å². The SMILES string of the molecule is C=C/C(=C\N(C)C)Nc1ncc2c(n1)N1CCN=C1C(c1cc(NC(=O)c3cc(C(C)(C)O)ccn3)ccc1C)=C2. The van der Waals surface area contributed by atoms with Gasteiger partial charge in [0.05, 0.1) is 17.8 Å². The average Bonchev–Trinajstić information content (AvgIpc) is 3.43. The van der Waals surface area contributed by atoms with E-state index in [0.29, 0.717) is 30.3 Å². The van der Waals surface area contributed by atoms with Crippen molar-refractivity contribution in [2.75, 3.05) is 42.7 Å². The smallest absolute Gasteiger partial charge is 0.274 e. The number of pyridine rings is 1. The fourth-order valence-electron chi connectivity index (χ4n) is 4.73. The topological polar surface area (TPSA) is 119 Å². The molecular weight excluding hydrogens is 516 g/mol. The lowest BCUT2D eigenvalue weighted by molar-refractivity contribution is 0.0783. The summed E-state index contributed by atoms with van der Waals surface area (Å²) in [4.78, 5) is 35.5. The van der Waals surface area contributed by atoms with Crippen LogP contribution in [0.4, 0.5) is 17.5 Å². The maximum atomic E-state index is 13.1. The summed E-state index contributed by atoms with van der Waals surface area (Å²) in [5, 5.41) is 16.5. The van der Waals surface area contributed by atoms with Crippen molar-refractivity contribution < 1.29 is 9.90 Å². The third-order valence-corrected chi connectivity index (χ3v) is 6.79. The van der Waals surface area contributed by atoms with E-state index in [0.717, 1.165) is 39.6 Å². The van der Waals surface area contributed by atoms with Crippen molar-refractivity contribution in [1.29, 1.82) is 0 Å². The highest BCUT2D eigenvalue weighted by molar-refractivity contribution is 6.36. The van der Waals surface area contributed by atoms with Crippen molar-refractivity contribution in [1.82, 2.24) is 19.9 Å². The van der Waals surface area contributed by atoms with Gasteiger partial charge in [0.25, 0.3) is 5.91 Å². The zero-order valence-corrected chi connectivity index (χ0v) is 23.9. The summed E-state index contributed by atoms with van der Waals surface area (Å²) in [5.74, 6) is 1.74. The fraction of sp³-hybridized carbons (Fsp3) is 0.258. The molecule has 0 spiro atoms. The molecule has 10 heteroatoms. The maximum Gasteiger partial charge on any atom is 0.274 e. The van der Waals surface area contributed by atoms with Crippen molar-refractivity contribution in [2.45, 2.75) is 26.4 Å². The number of carbonyl (C=O) groups excluding carboxylic acids is 1. The van der Waals surface area contributed by atoms with Gasteiger partial charge >= 0.3 is 0 Å². The summed E-state index contributed by atoms with van der Waals surface area (Å²) in [6.07, 6.45) is 9.01. The van der Waals surface area contributed by atoms with E-state index in [1.54, 1.807) is 38.3 Å². The van der Waals surface area contributed by atoms with Crippen molar-refractivity contribution in [3.8, 4) is 0 Å². The molecule has 2 aromatic heterocycles. The van der Waals surface area contributed by atoms with Gasteiger partial charge in [0.2, 0.25) is 5.95 Å². The Hall–Kier alpha value is -4.83. The number of amidine groups is 1. The number of aromatic nitrogens is 3. The molecule has 210 valence electrons. The summed E-state index contributed by atoms with van der Waals surface area (Å²) in [5.41, 5.74) is 4.98. The molecule has 0 aliphatic carbocycles. The van der Waals surface area contributed by atoms with Crippen LogP contribution in [-0.4, -0.2) is 63.9 Å². The van der Waals surface area contributed by atoms with Crippen LogP contribution >= 0.6 is 0 Å². The highest BCUT2D eigenvalue weighted by Crippen LogP contribution is 2.37. The number of aryl methyl sites for hydroxylation is 1. The Kier molecular flexibility index (Phi) is 7.42. The van der Waals surface area contributed by atoms with Crippen LogP contribution in [0.15, 0.2) is 72.3 Å². The van der Waals surface area contributed by atoms with Crippen molar-refractivity contribution in [2.24, 2.45) is 4.99 Å². The van der Waals surface area contributed by atoms with Gasteiger partial charge in [-0.15, -0.1) is 0 Å². The normalized spacial score (nSPS) is 14.5. The standard InChI is InChI=1S/C31H34N8O2/c1-7-22(18-38(5)6)36-30-34-17-20-14-25(28-33-12-13-39(28)27(20)37-30)24-16-23(9-8-19(24)2)35-29(40)26-15-21(10-11-32-26)31(3,4)41/h7-11,14-18,41H,1,12-13H2,2-6H3,(H,35,40)(H,34,36,37)/b22-18+. The van der Waals surface area contributed by atoms with Gasteiger partial charge < -0.3 is 25.5 Å². The van der Waals surface area contributed by atoms with Crippen LogP contribution < -0.4 is 15.5 Å². The van der Waals surface area contributed by atoms with Crippen molar-refractivity contribution >= 4 is 40.8 Å². The van der Waals surface area contributed by atoms with Crippen molar-refractivity contribution in [3.05, 3.63) is 95.2 Å². The van der Waals surface area contributed by atoms with Crippen LogP contribution in [0.3, 0.4) is 0 Å². The second-order valence-corrected chi connectivity index (χ2v) is 10.7. The Morgan fingerprint density at radius 1 is 1.17 bits per heavy atom. The molecule has 0 saturated heterocycles.